The molecule has 5 nitrogen and oxygen atoms in total. The minimum absolute atomic E-state index is 0.137. The molecule has 2 heterocycles. The van der Waals surface area contributed by atoms with E-state index in [1.807, 2.05) is 42.5 Å². The van der Waals surface area contributed by atoms with Crippen molar-refractivity contribution in [3.63, 3.8) is 0 Å². The maximum Gasteiger partial charge on any atom is 0.165 e. The Morgan fingerprint density at radius 2 is 1.89 bits per heavy atom. The van der Waals surface area contributed by atoms with Gasteiger partial charge in [-0.05, 0) is 52.9 Å². The van der Waals surface area contributed by atoms with Crippen LogP contribution in [0.5, 0.6) is 11.5 Å². The lowest BCUT2D eigenvalue weighted by molar-refractivity contribution is -0.113. The monoisotopic (exact) mass is 498 g/mol. The lowest BCUT2D eigenvalue weighted by Gasteiger charge is -2.32. The van der Waals surface area contributed by atoms with Crippen molar-refractivity contribution in [3.8, 4) is 11.5 Å². The Morgan fingerprint density at radius 3 is 2.69 bits per heavy atom. The second kappa shape index (κ2) is 10.5. The Bertz CT molecular complexity index is 1160. The van der Waals surface area contributed by atoms with Gasteiger partial charge in [0.05, 0.1) is 24.9 Å². The molecule has 2 aliphatic rings. The Balaban J connectivity index is 1.23. The normalized spacial score (nSPS) is 23.5. The van der Waals surface area contributed by atoms with Crippen molar-refractivity contribution in [1.82, 2.24) is 0 Å². The summed E-state index contributed by atoms with van der Waals surface area (Å²) in [5.41, 5.74) is 3.60. The fraction of sp³-hybridized carbons (Fsp3) is 0.357. The molecule has 2 N–H and O–H groups in total. The van der Waals surface area contributed by atoms with Gasteiger partial charge >= 0.3 is 0 Å². The van der Waals surface area contributed by atoms with Crippen LogP contribution >= 0.6 is 11.6 Å². The number of para-hydroxylation sites is 1. The number of hydrogen-bond acceptors (Lipinski definition) is 5. The molecule has 0 saturated carbocycles. The summed E-state index contributed by atoms with van der Waals surface area (Å²) >= 11 is 6.44. The van der Waals surface area contributed by atoms with Crippen LogP contribution in [-0.2, 0) is 17.6 Å². The van der Waals surface area contributed by atoms with E-state index in [1.165, 1.54) is 6.07 Å². The van der Waals surface area contributed by atoms with E-state index in [9.17, 15) is 14.6 Å². The van der Waals surface area contributed by atoms with Crippen molar-refractivity contribution in [2.24, 2.45) is 0 Å². The van der Waals surface area contributed by atoms with Gasteiger partial charge < -0.3 is 24.4 Å². The van der Waals surface area contributed by atoms with Gasteiger partial charge in [0.2, 0.25) is 0 Å². The Labute approximate surface area is 209 Å². The van der Waals surface area contributed by atoms with Crippen molar-refractivity contribution < 1.29 is 28.8 Å². The van der Waals surface area contributed by atoms with Gasteiger partial charge in [-0.15, -0.1) is 0 Å². The van der Waals surface area contributed by atoms with E-state index in [0.29, 0.717) is 24.3 Å². The van der Waals surface area contributed by atoms with Crippen LogP contribution in [-0.4, -0.2) is 41.7 Å². The summed E-state index contributed by atoms with van der Waals surface area (Å²) in [6, 6.07) is 18.4. The van der Waals surface area contributed by atoms with Gasteiger partial charge in [0.25, 0.3) is 0 Å². The Kier molecular flexibility index (Phi) is 7.25. The second-order valence-electron chi connectivity index (χ2n) is 9.21. The van der Waals surface area contributed by atoms with Gasteiger partial charge in [-0.25, -0.2) is 4.39 Å². The number of hydrogen-bond donors (Lipinski definition) is 2. The zero-order valence-electron chi connectivity index (χ0n) is 19.2. The first-order chi connectivity index (χ1) is 17.0. The third-order valence-corrected chi connectivity index (χ3v) is 6.92. The highest BCUT2D eigenvalue weighted by Gasteiger charge is 2.29. The van der Waals surface area contributed by atoms with Crippen LogP contribution in [0.2, 0.25) is 5.02 Å². The fourth-order valence-electron chi connectivity index (χ4n) is 4.77. The van der Waals surface area contributed by atoms with E-state index < -0.39 is 18.0 Å². The van der Waals surface area contributed by atoms with Crippen LogP contribution in [0.15, 0.2) is 60.7 Å². The van der Waals surface area contributed by atoms with Crippen LogP contribution in [0.25, 0.3) is 0 Å². The number of benzene rings is 3. The number of fused-ring (bicyclic) bond motifs is 1. The average molecular weight is 499 g/mol. The molecule has 0 aromatic heterocycles. The quantitative estimate of drug-likeness (QED) is 0.478. The SMILES string of the molecule is OCC1CC(O)C[C@H](c2ccc(Cl)c(Cc3ccc(OCC4Cc5ccccc5O4)c(F)c3)c2)O1. The third-order valence-electron chi connectivity index (χ3n) is 6.55. The zero-order valence-corrected chi connectivity index (χ0v) is 20.0. The maximum absolute atomic E-state index is 14.8. The predicted molar refractivity (Wildman–Crippen MR) is 131 cm³/mol. The fourth-order valence-corrected chi connectivity index (χ4v) is 4.96. The third kappa shape index (κ3) is 5.62. The number of aliphatic hydroxyl groups excluding tert-OH is 2. The van der Waals surface area contributed by atoms with Crippen LogP contribution in [0.4, 0.5) is 4.39 Å². The first kappa shape index (κ1) is 24.1. The van der Waals surface area contributed by atoms with E-state index in [2.05, 4.69) is 0 Å². The molecule has 2 aliphatic heterocycles. The molecule has 3 aromatic rings. The molecule has 7 heteroatoms. The standard InChI is InChI=1S/C28H28ClFO5/c29-24-7-6-19(28-14-21(32)13-22(15-31)34-28)11-20(24)9-17-5-8-27(25(30)10-17)33-16-23-12-18-3-1-2-4-26(18)35-23/h1-8,10-11,21-23,28,31-32H,9,12-16H2/t21?,22?,23?,28-/m1/s1. The molecular weight excluding hydrogens is 471 g/mol. The number of aliphatic hydroxyl groups is 2. The maximum atomic E-state index is 14.8. The number of rotatable bonds is 7. The van der Waals surface area contributed by atoms with Gasteiger partial charge in [0.1, 0.15) is 18.5 Å². The molecule has 0 spiro atoms. The molecule has 3 unspecified atom stereocenters. The summed E-state index contributed by atoms with van der Waals surface area (Å²) in [6.07, 6.45) is 0.649. The second-order valence-corrected chi connectivity index (χ2v) is 9.62. The van der Waals surface area contributed by atoms with Gasteiger partial charge in [-0.2, -0.15) is 0 Å². The van der Waals surface area contributed by atoms with Gasteiger partial charge in [0, 0.05) is 24.3 Å². The van der Waals surface area contributed by atoms with E-state index >= 15 is 0 Å². The highest BCUT2D eigenvalue weighted by atomic mass is 35.5. The van der Waals surface area contributed by atoms with E-state index in [4.69, 9.17) is 25.8 Å². The molecule has 3 aromatic carbocycles. The smallest absolute Gasteiger partial charge is 0.165 e. The van der Waals surface area contributed by atoms with Crippen LogP contribution in [0.1, 0.15) is 41.2 Å². The summed E-state index contributed by atoms with van der Waals surface area (Å²) < 4.78 is 32.3. The minimum Gasteiger partial charge on any atom is -0.487 e. The largest absolute Gasteiger partial charge is 0.487 e. The highest BCUT2D eigenvalue weighted by molar-refractivity contribution is 6.31. The average Bonchev–Trinajstić information content (AvgIpc) is 3.27. The summed E-state index contributed by atoms with van der Waals surface area (Å²) in [5, 5.41) is 20.2. The molecule has 1 fully saturated rings. The van der Waals surface area contributed by atoms with Gasteiger partial charge in [-0.1, -0.05) is 48.0 Å². The molecule has 35 heavy (non-hydrogen) atoms. The number of ether oxygens (including phenoxy) is 3. The first-order valence-corrected chi connectivity index (χ1v) is 12.2. The van der Waals surface area contributed by atoms with Crippen LogP contribution in [0.3, 0.4) is 0 Å². The van der Waals surface area contributed by atoms with E-state index in [0.717, 1.165) is 34.4 Å². The van der Waals surface area contributed by atoms with Crippen molar-refractivity contribution in [2.45, 2.75) is 50.1 Å². The molecule has 0 aliphatic carbocycles. The molecule has 0 radical (unpaired) electrons. The summed E-state index contributed by atoms with van der Waals surface area (Å²) in [4.78, 5) is 0. The molecule has 184 valence electrons. The molecule has 1 saturated heterocycles. The lowest BCUT2D eigenvalue weighted by Crippen LogP contribution is -2.33. The zero-order chi connectivity index (χ0) is 24.4. The summed E-state index contributed by atoms with van der Waals surface area (Å²) in [6.45, 7) is 0.127. The highest BCUT2D eigenvalue weighted by Crippen LogP contribution is 2.34. The molecule has 4 atom stereocenters. The molecular formula is C28H28ClFO5. The van der Waals surface area contributed by atoms with Crippen molar-refractivity contribution in [1.29, 1.82) is 0 Å². The van der Waals surface area contributed by atoms with Crippen molar-refractivity contribution in [3.05, 3.63) is 93.8 Å². The van der Waals surface area contributed by atoms with Gasteiger partial charge in [0.15, 0.2) is 11.6 Å². The number of halogens is 2. The molecule has 5 rings (SSSR count). The van der Waals surface area contributed by atoms with Crippen LogP contribution < -0.4 is 9.47 Å². The summed E-state index contributed by atoms with van der Waals surface area (Å²) in [5.74, 6) is 0.610. The molecule has 0 bridgehead atoms. The lowest BCUT2D eigenvalue weighted by atomic mass is 9.94. The Morgan fingerprint density at radius 1 is 1.03 bits per heavy atom. The predicted octanol–water partition coefficient (Wildman–Crippen LogP) is 5.03. The Hall–Kier alpha value is -2.64. The van der Waals surface area contributed by atoms with E-state index in [1.54, 1.807) is 12.1 Å². The van der Waals surface area contributed by atoms with Crippen LogP contribution in [0, 0.1) is 5.82 Å². The van der Waals surface area contributed by atoms with E-state index in [-0.39, 0.29) is 31.2 Å². The molecule has 0 amide bonds. The minimum atomic E-state index is -0.532. The first-order valence-electron chi connectivity index (χ1n) is 11.9. The van der Waals surface area contributed by atoms with Gasteiger partial charge in [-0.3, -0.25) is 0 Å². The van der Waals surface area contributed by atoms with Crippen molar-refractivity contribution >= 4 is 11.6 Å². The summed E-state index contributed by atoms with van der Waals surface area (Å²) in [7, 11) is 0. The van der Waals surface area contributed by atoms with Crippen molar-refractivity contribution in [2.75, 3.05) is 13.2 Å². The topological polar surface area (TPSA) is 68.2 Å².